The van der Waals surface area contributed by atoms with Crippen LogP contribution < -0.4 is 24.0 Å². The number of aryl methyl sites for hydroxylation is 2. The molecule has 0 N–H and O–H groups in total. The summed E-state index contributed by atoms with van der Waals surface area (Å²) >= 11 is 7.23. The molecule has 1 heterocycles. The maximum absolute atomic E-state index is 5.70. The number of thioether (sulfide) groups is 1. The third kappa shape index (κ3) is 7.14. The second-order valence-corrected chi connectivity index (χ2v) is 10.0. The van der Waals surface area contributed by atoms with Crippen LogP contribution in [0.5, 0.6) is 0 Å². The van der Waals surface area contributed by atoms with Crippen LogP contribution in [0.1, 0.15) is 17.5 Å². The highest BCUT2D eigenvalue weighted by Crippen LogP contribution is 2.29. The third-order valence-corrected chi connectivity index (χ3v) is 5.93. The summed E-state index contributed by atoms with van der Waals surface area (Å²) in [6, 6.07) is 16.5. The molecule has 0 aromatic heterocycles. The highest BCUT2D eigenvalue weighted by molar-refractivity contribution is 8.35. The molecule has 7 heteroatoms. The maximum Gasteiger partial charge on any atom is 0.167 e. The molecule has 2 aromatic rings. The zero-order valence-corrected chi connectivity index (χ0v) is 22.0. The lowest BCUT2D eigenvalue weighted by molar-refractivity contribution is -0.870. The minimum atomic E-state index is 0. The van der Waals surface area contributed by atoms with Crippen molar-refractivity contribution in [3.05, 3.63) is 59.7 Å². The summed E-state index contributed by atoms with van der Waals surface area (Å²) in [7, 11) is 6.63. The number of aliphatic imine (C=N–C) groups is 2. The van der Waals surface area contributed by atoms with Crippen LogP contribution in [-0.4, -0.2) is 58.8 Å². The van der Waals surface area contributed by atoms with Gasteiger partial charge in [0.15, 0.2) is 5.84 Å². The van der Waals surface area contributed by atoms with Gasteiger partial charge >= 0.3 is 0 Å². The van der Waals surface area contributed by atoms with E-state index in [1.807, 2.05) is 24.3 Å². The normalized spacial score (nSPS) is 17.0. The van der Waals surface area contributed by atoms with Crippen LogP contribution >= 0.6 is 24.0 Å². The molecule has 1 fully saturated rings. The van der Waals surface area contributed by atoms with Gasteiger partial charge in [0.05, 0.1) is 39.1 Å². The first-order valence-electron chi connectivity index (χ1n) is 9.82. The maximum atomic E-state index is 5.70. The van der Waals surface area contributed by atoms with Gasteiger partial charge in [-0.25, -0.2) is 9.98 Å². The quantitative estimate of drug-likeness (QED) is 0.313. The molecule has 0 bridgehead atoms. The Balaban J connectivity index is 0.00000320. The largest absolute Gasteiger partial charge is 1.00 e. The molecule has 0 radical (unpaired) electrons. The summed E-state index contributed by atoms with van der Waals surface area (Å²) in [5.41, 5.74) is 4.28. The number of rotatable bonds is 6. The lowest BCUT2D eigenvalue weighted by Crippen LogP contribution is -3.00. The van der Waals surface area contributed by atoms with Crippen molar-refractivity contribution in [1.82, 2.24) is 4.90 Å². The Labute approximate surface area is 207 Å². The van der Waals surface area contributed by atoms with Crippen LogP contribution in [0.2, 0.25) is 0 Å². The Kier molecular flexibility index (Phi) is 9.02. The van der Waals surface area contributed by atoms with Crippen molar-refractivity contribution < 1.29 is 28.5 Å². The lowest BCUT2D eigenvalue weighted by Gasteiger charge is -2.25. The van der Waals surface area contributed by atoms with Crippen molar-refractivity contribution in [2.24, 2.45) is 9.98 Å². The van der Waals surface area contributed by atoms with Crippen LogP contribution in [0.15, 0.2) is 58.5 Å². The predicted octanol–water partition coefficient (Wildman–Crippen LogP) is 2.50. The average Bonchev–Trinajstić information content (AvgIpc) is 2.93. The van der Waals surface area contributed by atoms with Gasteiger partial charge in [0.25, 0.3) is 0 Å². The van der Waals surface area contributed by atoms with Gasteiger partial charge in [0.2, 0.25) is 0 Å². The van der Waals surface area contributed by atoms with Gasteiger partial charge in [-0.15, -0.1) is 0 Å². The Morgan fingerprint density at radius 3 is 1.87 bits per heavy atom. The second-order valence-electron chi connectivity index (χ2n) is 8.41. The molecule has 0 unspecified atom stereocenters. The van der Waals surface area contributed by atoms with Gasteiger partial charge in [0, 0.05) is 13.0 Å². The summed E-state index contributed by atoms with van der Waals surface area (Å²) in [5, 5.41) is 0.865. The number of amidine groups is 1. The minimum absolute atomic E-state index is 0. The molecule has 160 valence electrons. The molecule has 0 aliphatic carbocycles. The monoisotopic (exact) mass is 552 g/mol. The van der Waals surface area contributed by atoms with E-state index in [1.165, 1.54) is 22.9 Å². The van der Waals surface area contributed by atoms with Crippen LogP contribution in [0, 0.1) is 13.8 Å². The number of halogens is 1. The Morgan fingerprint density at radius 1 is 0.867 bits per heavy atom. The van der Waals surface area contributed by atoms with Gasteiger partial charge in [-0.3, -0.25) is 0 Å². The average molecular weight is 553 g/mol. The van der Waals surface area contributed by atoms with Crippen molar-refractivity contribution >= 4 is 50.6 Å². The number of benzene rings is 2. The van der Waals surface area contributed by atoms with Crippen LogP contribution in [-0.2, 0) is 0 Å². The van der Waals surface area contributed by atoms with Crippen LogP contribution in [0.25, 0.3) is 0 Å². The molecule has 1 saturated heterocycles. The van der Waals surface area contributed by atoms with E-state index >= 15 is 0 Å². The first-order valence-corrected chi connectivity index (χ1v) is 11.0. The standard InChI is InChI=1S/C23H29N4S2.HI/c1-17-7-11-19(12-8-17)24-21-22(25-20-13-9-18(2)10-14-20)29-23(28)26(21)15-6-16-27(3,4)5;/h7-14H,6,15-16H2,1-5H3;1H/q+1;/p-1. The molecule has 0 atom stereocenters. The first-order chi connectivity index (χ1) is 13.7. The summed E-state index contributed by atoms with van der Waals surface area (Å²) in [4.78, 5) is 11.9. The molecule has 0 spiro atoms. The van der Waals surface area contributed by atoms with Crippen LogP contribution in [0.3, 0.4) is 0 Å². The zero-order chi connectivity index (χ0) is 21.0. The third-order valence-electron chi connectivity index (χ3n) is 4.60. The topological polar surface area (TPSA) is 28.0 Å². The smallest absolute Gasteiger partial charge is 0.167 e. The SMILES string of the molecule is Cc1ccc(N=C2SC(=S)N(CCC[N+](C)(C)C)C2=Nc2ccc(C)cc2)cc1.[I-]. The van der Waals surface area contributed by atoms with E-state index in [4.69, 9.17) is 22.2 Å². The van der Waals surface area contributed by atoms with E-state index in [2.05, 4.69) is 64.2 Å². The Morgan fingerprint density at radius 2 is 1.37 bits per heavy atom. The molecule has 3 rings (SSSR count). The van der Waals surface area contributed by atoms with Gasteiger partial charge in [-0.05, 0) is 49.9 Å². The van der Waals surface area contributed by atoms with Crippen molar-refractivity contribution in [3.63, 3.8) is 0 Å². The van der Waals surface area contributed by atoms with E-state index in [-0.39, 0.29) is 24.0 Å². The van der Waals surface area contributed by atoms with Gasteiger partial charge in [-0.2, -0.15) is 0 Å². The summed E-state index contributed by atoms with van der Waals surface area (Å²) in [5.74, 6) is 0.853. The van der Waals surface area contributed by atoms with Gasteiger partial charge in [0.1, 0.15) is 9.36 Å². The highest BCUT2D eigenvalue weighted by Gasteiger charge is 2.32. The van der Waals surface area contributed by atoms with Crippen molar-refractivity contribution in [2.75, 3.05) is 34.2 Å². The molecule has 0 amide bonds. The number of hydrogen-bond acceptors (Lipinski definition) is 4. The molecule has 1 aliphatic rings. The van der Waals surface area contributed by atoms with Crippen molar-refractivity contribution in [1.29, 1.82) is 0 Å². The fraction of sp³-hybridized carbons (Fsp3) is 0.348. The minimum Gasteiger partial charge on any atom is -1.00 e. The van der Waals surface area contributed by atoms with E-state index in [0.717, 1.165) is 50.6 Å². The molecule has 4 nitrogen and oxygen atoms in total. The lowest BCUT2D eigenvalue weighted by atomic mass is 10.2. The molecule has 1 aliphatic heterocycles. The molecular formula is C23H29IN4S2. The predicted molar refractivity (Wildman–Crippen MR) is 131 cm³/mol. The second kappa shape index (κ2) is 10.8. The van der Waals surface area contributed by atoms with Crippen molar-refractivity contribution in [3.8, 4) is 0 Å². The van der Waals surface area contributed by atoms with Crippen molar-refractivity contribution in [2.45, 2.75) is 20.3 Å². The number of hydrogen-bond donors (Lipinski definition) is 0. The van der Waals surface area contributed by atoms with E-state index < -0.39 is 0 Å². The molecule has 30 heavy (non-hydrogen) atoms. The summed E-state index contributed by atoms with van der Waals surface area (Å²) in [6.07, 6.45) is 1.04. The number of nitrogens with zero attached hydrogens (tertiary/aromatic N) is 4. The summed E-state index contributed by atoms with van der Waals surface area (Å²) in [6.45, 7) is 6.08. The van der Waals surface area contributed by atoms with E-state index in [1.54, 1.807) is 0 Å². The number of quaternary nitrogens is 1. The summed E-state index contributed by atoms with van der Waals surface area (Å²) < 4.78 is 1.76. The van der Waals surface area contributed by atoms with E-state index in [9.17, 15) is 0 Å². The first kappa shape index (κ1) is 25.0. The van der Waals surface area contributed by atoms with Crippen LogP contribution in [0.4, 0.5) is 11.4 Å². The number of thiocarbonyl (C=S) groups is 1. The highest BCUT2D eigenvalue weighted by atomic mass is 127. The van der Waals surface area contributed by atoms with Gasteiger partial charge in [-0.1, -0.05) is 47.6 Å². The Hall–Kier alpha value is -1.29. The van der Waals surface area contributed by atoms with E-state index in [0.29, 0.717) is 0 Å². The fourth-order valence-electron chi connectivity index (χ4n) is 2.94. The molecule has 0 saturated carbocycles. The fourth-order valence-corrected chi connectivity index (χ4v) is 4.21. The molecular weight excluding hydrogens is 523 g/mol. The zero-order valence-electron chi connectivity index (χ0n) is 18.2. The Bertz CT molecular complexity index is 929. The molecule has 2 aromatic carbocycles. The van der Waals surface area contributed by atoms with Gasteiger partial charge < -0.3 is 33.4 Å².